The van der Waals surface area contributed by atoms with Gasteiger partial charge >= 0.3 is 0 Å². The van der Waals surface area contributed by atoms with Crippen LogP contribution in [-0.4, -0.2) is 6.61 Å². The molecule has 0 rings (SSSR count). The lowest BCUT2D eigenvalue weighted by atomic mass is 10.0. The molecule has 0 aromatic heterocycles. The minimum atomic E-state index is 0.702. The lowest BCUT2D eigenvalue weighted by Gasteiger charge is -2.05. The zero-order valence-corrected chi connectivity index (χ0v) is 18.7. The first-order valence-corrected chi connectivity index (χ1v) is 12.3. The monoisotopic (exact) mass is 378 g/mol. The van der Waals surface area contributed by atoms with Crippen molar-refractivity contribution in [2.45, 2.75) is 135 Å². The molecule has 160 valence electrons. The number of hydrogen-bond acceptors (Lipinski definition) is 1. The topological polar surface area (TPSA) is 9.23 Å². The Kier molecular flexibility index (Phi) is 22.7. The van der Waals surface area contributed by atoms with Crippen molar-refractivity contribution < 1.29 is 4.74 Å². The fourth-order valence-electron chi connectivity index (χ4n) is 3.62. The summed E-state index contributed by atoms with van der Waals surface area (Å²) in [4.78, 5) is 0. The summed E-state index contributed by atoms with van der Waals surface area (Å²) < 4.78 is 5.42. The van der Waals surface area contributed by atoms with Gasteiger partial charge in [-0.15, -0.1) is 0 Å². The van der Waals surface area contributed by atoms with Crippen molar-refractivity contribution in [3.63, 3.8) is 0 Å². The highest BCUT2D eigenvalue weighted by atomic mass is 16.5. The van der Waals surface area contributed by atoms with Gasteiger partial charge in [0.05, 0.1) is 6.61 Å². The summed E-state index contributed by atoms with van der Waals surface area (Å²) in [5.74, 6) is 0.702. The van der Waals surface area contributed by atoms with Gasteiger partial charge < -0.3 is 4.74 Å². The average Bonchev–Trinajstić information content (AvgIpc) is 2.68. The second-order valence-corrected chi connectivity index (χ2v) is 8.24. The van der Waals surface area contributed by atoms with Crippen molar-refractivity contribution in [3.05, 3.63) is 25.0 Å². The number of ether oxygens (including phenoxy) is 1. The van der Waals surface area contributed by atoms with Crippen LogP contribution in [0.4, 0.5) is 0 Å². The lowest BCUT2D eigenvalue weighted by molar-refractivity contribution is 0.218. The van der Waals surface area contributed by atoms with Gasteiger partial charge in [-0.25, -0.2) is 0 Å². The standard InChI is InChI=1S/C26H50O/c1-4-6-7-8-9-10-11-12-13-14-15-16-17-18-19-20-21-22-23-24-25-27-26(3)5-2/h5H,2-4,6-25H2,1H3. The first-order chi connectivity index (χ1) is 13.3. The lowest BCUT2D eigenvalue weighted by Crippen LogP contribution is -1.92. The first kappa shape index (κ1) is 26.3. The highest BCUT2D eigenvalue weighted by molar-refractivity contribution is 5.01. The summed E-state index contributed by atoms with van der Waals surface area (Å²) in [5, 5.41) is 0. The summed E-state index contributed by atoms with van der Waals surface area (Å²) in [5.41, 5.74) is 0. The summed E-state index contributed by atoms with van der Waals surface area (Å²) in [6.45, 7) is 10.5. The average molecular weight is 379 g/mol. The zero-order chi connectivity index (χ0) is 19.8. The minimum absolute atomic E-state index is 0.702. The van der Waals surface area contributed by atoms with Gasteiger partial charge in [0.1, 0.15) is 5.76 Å². The summed E-state index contributed by atoms with van der Waals surface area (Å²) in [6.07, 6.45) is 30.1. The molecule has 0 heterocycles. The number of allylic oxidation sites excluding steroid dienone is 1. The molecule has 0 saturated heterocycles. The van der Waals surface area contributed by atoms with Crippen molar-refractivity contribution in [3.8, 4) is 0 Å². The van der Waals surface area contributed by atoms with Crippen molar-refractivity contribution in [1.82, 2.24) is 0 Å². The molecule has 0 aliphatic carbocycles. The maximum absolute atomic E-state index is 5.42. The maximum atomic E-state index is 5.42. The van der Waals surface area contributed by atoms with Crippen LogP contribution in [0.2, 0.25) is 0 Å². The van der Waals surface area contributed by atoms with Crippen LogP contribution in [0.3, 0.4) is 0 Å². The second-order valence-electron chi connectivity index (χ2n) is 8.24. The van der Waals surface area contributed by atoms with E-state index in [1.165, 1.54) is 122 Å². The van der Waals surface area contributed by atoms with Crippen LogP contribution >= 0.6 is 0 Å². The molecular weight excluding hydrogens is 328 g/mol. The molecule has 0 aliphatic heterocycles. The highest BCUT2D eigenvalue weighted by Crippen LogP contribution is 2.14. The molecule has 27 heavy (non-hydrogen) atoms. The number of rotatable bonds is 23. The molecule has 0 atom stereocenters. The van der Waals surface area contributed by atoms with Crippen LogP contribution in [0, 0.1) is 0 Å². The van der Waals surface area contributed by atoms with Crippen molar-refractivity contribution >= 4 is 0 Å². The molecule has 1 nitrogen and oxygen atoms in total. The first-order valence-electron chi connectivity index (χ1n) is 12.3. The molecule has 0 bridgehead atoms. The minimum Gasteiger partial charge on any atom is -0.494 e. The molecule has 0 aromatic carbocycles. The van der Waals surface area contributed by atoms with Crippen LogP contribution < -0.4 is 0 Å². The largest absolute Gasteiger partial charge is 0.494 e. The van der Waals surface area contributed by atoms with Gasteiger partial charge in [-0.1, -0.05) is 142 Å². The molecule has 0 spiro atoms. The smallest absolute Gasteiger partial charge is 0.111 e. The van der Waals surface area contributed by atoms with E-state index in [0.29, 0.717) is 5.76 Å². The van der Waals surface area contributed by atoms with Gasteiger partial charge in [0.15, 0.2) is 0 Å². The summed E-state index contributed by atoms with van der Waals surface area (Å²) in [6, 6.07) is 0. The fourth-order valence-corrected chi connectivity index (χ4v) is 3.62. The fraction of sp³-hybridized carbons (Fsp3) is 0.846. The Balaban J connectivity index is 3.01. The Bertz CT molecular complexity index is 307. The number of unbranched alkanes of at least 4 members (excludes halogenated alkanes) is 19. The Labute approximate surface area is 172 Å². The van der Waals surface area contributed by atoms with E-state index in [1.807, 2.05) is 0 Å². The third-order valence-electron chi connectivity index (χ3n) is 5.51. The van der Waals surface area contributed by atoms with E-state index in [4.69, 9.17) is 4.74 Å². The van der Waals surface area contributed by atoms with Crippen LogP contribution in [-0.2, 0) is 4.74 Å². The van der Waals surface area contributed by atoms with E-state index in [1.54, 1.807) is 6.08 Å². The molecular formula is C26H50O. The van der Waals surface area contributed by atoms with E-state index < -0.39 is 0 Å². The van der Waals surface area contributed by atoms with Crippen LogP contribution in [0.1, 0.15) is 135 Å². The normalized spacial score (nSPS) is 10.9. The van der Waals surface area contributed by atoms with Crippen molar-refractivity contribution in [1.29, 1.82) is 0 Å². The Hall–Kier alpha value is -0.720. The van der Waals surface area contributed by atoms with Gasteiger partial charge in [-0.3, -0.25) is 0 Å². The SMILES string of the molecule is C=CC(=C)OCCCCCCCCCCCCCCCCCCCCCC. The third kappa shape index (κ3) is 23.2. The van der Waals surface area contributed by atoms with E-state index in [0.717, 1.165) is 13.0 Å². The third-order valence-corrected chi connectivity index (χ3v) is 5.51. The van der Waals surface area contributed by atoms with E-state index in [9.17, 15) is 0 Å². The molecule has 0 N–H and O–H groups in total. The van der Waals surface area contributed by atoms with Crippen LogP contribution in [0.25, 0.3) is 0 Å². The Morgan fingerprint density at radius 2 is 0.852 bits per heavy atom. The molecule has 1 heteroatoms. The predicted molar refractivity (Wildman–Crippen MR) is 123 cm³/mol. The van der Waals surface area contributed by atoms with Gasteiger partial charge in [0.2, 0.25) is 0 Å². The Morgan fingerprint density at radius 3 is 1.15 bits per heavy atom. The van der Waals surface area contributed by atoms with Gasteiger partial charge in [-0.2, -0.15) is 0 Å². The maximum Gasteiger partial charge on any atom is 0.111 e. The van der Waals surface area contributed by atoms with Gasteiger partial charge in [0, 0.05) is 0 Å². The molecule has 0 aromatic rings. The summed E-state index contributed by atoms with van der Waals surface area (Å²) >= 11 is 0. The van der Waals surface area contributed by atoms with Crippen molar-refractivity contribution in [2.75, 3.05) is 6.61 Å². The van der Waals surface area contributed by atoms with Crippen LogP contribution in [0.15, 0.2) is 25.0 Å². The van der Waals surface area contributed by atoms with Crippen LogP contribution in [0.5, 0.6) is 0 Å². The molecule has 0 aliphatic rings. The van der Waals surface area contributed by atoms with E-state index in [2.05, 4.69) is 20.1 Å². The highest BCUT2D eigenvalue weighted by Gasteiger charge is 1.96. The molecule has 0 fully saturated rings. The predicted octanol–water partition coefficient (Wildman–Crippen LogP) is 9.52. The van der Waals surface area contributed by atoms with E-state index in [-0.39, 0.29) is 0 Å². The molecule has 0 radical (unpaired) electrons. The summed E-state index contributed by atoms with van der Waals surface area (Å²) in [7, 11) is 0. The quantitative estimate of drug-likeness (QED) is 0.0976. The van der Waals surface area contributed by atoms with E-state index >= 15 is 0 Å². The second kappa shape index (κ2) is 23.3. The number of hydrogen-bond donors (Lipinski definition) is 0. The molecule has 0 saturated carbocycles. The zero-order valence-electron chi connectivity index (χ0n) is 18.7. The molecule has 0 unspecified atom stereocenters. The Morgan fingerprint density at radius 1 is 0.556 bits per heavy atom. The van der Waals surface area contributed by atoms with Gasteiger partial charge in [-0.05, 0) is 12.5 Å². The van der Waals surface area contributed by atoms with Crippen molar-refractivity contribution in [2.24, 2.45) is 0 Å². The molecule has 0 amide bonds. The van der Waals surface area contributed by atoms with Gasteiger partial charge in [0.25, 0.3) is 0 Å².